The van der Waals surface area contributed by atoms with Crippen molar-refractivity contribution in [3.63, 3.8) is 0 Å². The number of hydrogen-bond donors (Lipinski definition) is 1. The lowest BCUT2D eigenvalue weighted by Gasteiger charge is -2.30. The predicted octanol–water partition coefficient (Wildman–Crippen LogP) is 2.82. The number of sulfonamides is 1. The Balaban J connectivity index is 1.54. The molecule has 3 rings (SSSR count). The van der Waals surface area contributed by atoms with E-state index in [9.17, 15) is 13.2 Å². The number of rotatable bonds is 9. The summed E-state index contributed by atoms with van der Waals surface area (Å²) in [5, 5.41) is 2.95. The van der Waals surface area contributed by atoms with Crippen LogP contribution < -0.4 is 19.5 Å². The molecule has 1 N–H and O–H groups in total. The third-order valence-electron chi connectivity index (χ3n) is 5.52. The molecule has 174 valence electrons. The fourth-order valence-electron chi connectivity index (χ4n) is 3.69. The summed E-state index contributed by atoms with van der Waals surface area (Å²) in [6.45, 7) is 3.43. The van der Waals surface area contributed by atoms with E-state index < -0.39 is 10.0 Å². The first-order valence-electron chi connectivity index (χ1n) is 10.6. The third kappa shape index (κ3) is 5.52. The van der Waals surface area contributed by atoms with Gasteiger partial charge in [-0.1, -0.05) is 6.07 Å². The molecule has 1 saturated heterocycles. The van der Waals surface area contributed by atoms with E-state index in [1.807, 2.05) is 25.1 Å². The van der Waals surface area contributed by atoms with E-state index in [0.717, 1.165) is 5.56 Å². The molecule has 1 aliphatic heterocycles. The molecule has 0 aromatic heterocycles. The first kappa shape index (κ1) is 23.9. The molecule has 1 heterocycles. The second kappa shape index (κ2) is 10.7. The van der Waals surface area contributed by atoms with Crippen LogP contribution in [-0.4, -0.2) is 52.5 Å². The molecule has 0 aliphatic carbocycles. The van der Waals surface area contributed by atoms with Crippen molar-refractivity contribution < 1.29 is 27.4 Å². The highest BCUT2D eigenvalue weighted by Crippen LogP contribution is 2.28. The third-order valence-corrected chi connectivity index (χ3v) is 7.43. The Morgan fingerprint density at radius 1 is 1.03 bits per heavy atom. The maximum atomic E-state index is 12.9. The molecule has 8 nitrogen and oxygen atoms in total. The zero-order valence-corrected chi connectivity index (χ0v) is 19.5. The average Bonchev–Trinajstić information content (AvgIpc) is 2.83. The van der Waals surface area contributed by atoms with Gasteiger partial charge in [-0.05, 0) is 61.7 Å². The quantitative estimate of drug-likeness (QED) is 0.616. The molecule has 1 aliphatic rings. The van der Waals surface area contributed by atoms with Crippen LogP contribution in [0.5, 0.6) is 17.2 Å². The van der Waals surface area contributed by atoms with Crippen molar-refractivity contribution in [2.75, 3.05) is 33.9 Å². The highest BCUT2D eigenvalue weighted by molar-refractivity contribution is 7.89. The van der Waals surface area contributed by atoms with Gasteiger partial charge in [0.2, 0.25) is 15.9 Å². The lowest BCUT2D eigenvalue weighted by molar-refractivity contribution is -0.126. The van der Waals surface area contributed by atoms with Gasteiger partial charge in [-0.25, -0.2) is 8.42 Å². The van der Waals surface area contributed by atoms with Gasteiger partial charge in [-0.2, -0.15) is 4.31 Å². The van der Waals surface area contributed by atoms with Gasteiger partial charge < -0.3 is 19.5 Å². The Labute approximate surface area is 189 Å². The number of hydrogen-bond acceptors (Lipinski definition) is 6. The summed E-state index contributed by atoms with van der Waals surface area (Å²) < 4.78 is 43.1. The molecule has 9 heteroatoms. The van der Waals surface area contributed by atoms with Gasteiger partial charge >= 0.3 is 0 Å². The van der Waals surface area contributed by atoms with Gasteiger partial charge in [0.15, 0.2) is 11.5 Å². The van der Waals surface area contributed by atoms with Crippen LogP contribution in [0.2, 0.25) is 0 Å². The fourth-order valence-corrected chi connectivity index (χ4v) is 5.16. The predicted molar refractivity (Wildman–Crippen MR) is 120 cm³/mol. The standard InChI is InChI=1S/C23H30N2O6S/c1-4-31-21-10-5-17(15-22(21)30-3)16-24-23(26)18-11-13-25(14-12-18)32(27,28)20-8-6-19(29-2)7-9-20/h5-10,15,18H,4,11-14,16H2,1-3H3,(H,24,26). The highest BCUT2D eigenvalue weighted by atomic mass is 32.2. The molecule has 2 aromatic rings. The number of nitrogens with one attached hydrogen (secondary N) is 1. The van der Waals surface area contributed by atoms with E-state index in [1.165, 1.54) is 23.5 Å². The maximum absolute atomic E-state index is 12.9. The van der Waals surface area contributed by atoms with E-state index in [0.29, 0.717) is 56.3 Å². The number of carbonyl (C=O) groups is 1. The fraction of sp³-hybridized carbons (Fsp3) is 0.435. The molecule has 32 heavy (non-hydrogen) atoms. The van der Waals surface area contributed by atoms with E-state index in [4.69, 9.17) is 14.2 Å². The topological polar surface area (TPSA) is 94.2 Å². The summed E-state index contributed by atoms with van der Waals surface area (Å²) >= 11 is 0. The minimum absolute atomic E-state index is 0.0700. The van der Waals surface area contributed by atoms with E-state index in [-0.39, 0.29) is 16.7 Å². The van der Waals surface area contributed by atoms with Crippen LogP contribution in [0.1, 0.15) is 25.3 Å². The number of nitrogens with zero attached hydrogens (tertiary/aromatic N) is 1. The summed E-state index contributed by atoms with van der Waals surface area (Å²) in [5.74, 6) is 1.59. The van der Waals surface area contributed by atoms with Gasteiger partial charge in [-0.3, -0.25) is 4.79 Å². The van der Waals surface area contributed by atoms with Gasteiger partial charge in [0.1, 0.15) is 5.75 Å². The molecular weight excluding hydrogens is 432 g/mol. The Kier molecular flexibility index (Phi) is 7.98. The van der Waals surface area contributed by atoms with Crippen LogP contribution in [0.4, 0.5) is 0 Å². The van der Waals surface area contributed by atoms with E-state index >= 15 is 0 Å². The van der Waals surface area contributed by atoms with Crippen molar-refractivity contribution in [1.29, 1.82) is 0 Å². The van der Waals surface area contributed by atoms with Crippen LogP contribution in [0.3, 0.4) is 0 Å². The van der Waals surface area contributed by atoms with Crippen molar-refractivity contribution in [1.82, 2.24) is 9.62 Å². The zero-order valence-electron chi connectivity index (χ0n) is 18.7. The summed E-state index contributed by atoms with van der Waals surface area (Å²) in [4.78, 5) is 12.9. The van der Waals surface area contributed by atoms with E-state index in [2.05, 4.69) is 5.32 Å². The molecule has 0 unspecified atom stereocenters. The molecule has 0 bridgehead atoms. The van der Waals surface area contributed by atoms with Gasteiger partial charge in [-0.15, -0.1) is 0 Å². The Morgan fingerprint density at radius 3 is 2.31 bits per heavy atom. The average molecular weight is 463 g/mol. The highest BCUT2D eigenvalue weighted by Gasteiger charge is 2.32. The number of piperidine rings is 1. The largest absolute Gasteiger partial charge is 0.497 e. The van der Waals surface area contributed by atoms with Crippen molar-refractivity contribution >= 4 is 15.9 Å². The smallest absolute Gasteiger partial charge is 0.243 e. The number of methoxy groups -OCH3 is 2. The van der Waals surface area contributed by atoms with Crippen molar-refractivity contribution in [2.24, 2.45) is 5.92 Å². The van der Waals surface area contributed by atoms with Crippen LogP contribution in [0, 0.1) is 5.92 Å². The molecule has 0 radical (unpaired) electrons. The summed E-state index contributed by atoms with van der Waals surface area (Å²) in [6.07, 6.45) is 0.960. The summed E-state index contributed by atoms with van der Waals surface area (Å²) in [6, 6.07) is 11.9. The molecule has 0 atom stereocenters. The minimum atomic E-state index is -3.59. The van der Waals surface area contributed by atoms with Crippen molar-refractivity contribution in [3.8, 4) is 17.2 Å². The number of carbonyl (C=O) groups excluding carboxylic acids is 1. The van der Waals surface area contributed by atoms with Crippen molar-refractivity contribution in [3.05, 3.63) is 48.0 Å². The van der Waals surface area contributed by atoms with Crippen LogP contribution >= 0.6 is 0 Å². The minimum Gasteiger partial charge on any atom is -0.497 e. The summed E-state index contributed by atoms with van der Waals surface area (Å²) in [5.41, 5.74) is 0.901. The van der Waals surface area contributed by atoms with Gasteiger partial charge in [0.05, 0.1) is 25.7 Å². The Hall–Kier alpha value is -2.78. The zero-order chi connectivity index (χ0) is 23.1. The van der Waals surface area contributed by atoms with Gasteiger partial charge in [0, 0.05) is 25.6 Å². The first-order chi connectivity index (χ1) is 15.4. The number of benzene rings is 2. The Bertz CT molecular complexity index is 1020. The van der Waals surface area contributed by atoms with Crippen LogP contribution in [-0.2, 0) is 21.4 Å². The molecule has 2 aromatic carbocycles. The summed E-state index contributed by atoms with van der Waals surface area (Å²) in [7, 11) is -0.477. The SMILES string of the molecule is CCOc1ccc(CNC(=O)C2CCN(S(=O)(=O)c3ccc(OC)cc3)CC2)cc1OC. The molecule has 1 amide bonds. The second-order valence-corrected chi connectivity index (χ2v) is 9.43. The maximum Gasteiger partial charge on any atom is 0.243 e. The van der Waals surface area contributed by atoms with Crippen LogP contribution in [0.25, 0.3) is 0 Å². The molecule has 0 spiro atoms. The molecular formula is C23H30N2O6S. The number of ether oxygens (including phenoxy) is 3. The van der Waals surface area contributed by atoms with E-state index in [1.54, 1.807) is 19.2 Å². The van der Waals surface area contributed by atoms with Crippen LogP contribution in [0.15, 0.2) is 47.4 Å². The first-order valence-corrected chi connectivity index (χ1v) is 12.0. The molecule has 1 fully saturated rings. The normalized spacial score (nSPS) is 15.2. The second-order valence-electron chi connectivity index (χ2n) is 7.49. The lowest BCUT2D eigenvalue weighted by Crippen LogP contribution is -2.42. The lowest BCUT2D eigenvalue weighted by atomic mass is 9.97. The monoisotopic (exact) mass is 462 g/mol. The molecule has 0 saturated carbocycles. The Morgan fingerprint density at radius 2 is 1.72 bits per heavy atom. The number of amides is 1. The van der Waals surface area contributed by atoms with Gasteiger partial charge in [0.25, 0.3) is 0 Å². The van der Waals surface area contributed by atoms with Crippen molar-refractivity contribution in [2.45, 2.75) is 31.2 Å².